The molecule has 4 rings (SSSR count). The molecule has 26 heavy (non-hydrogen) atoms. The Morgan fingerprint density at radius 3 is 2.54 bits per heavy atom. The molecule has 0 radical (unpaired) electrons. The van der Waals surface area contributed by atoms with Crippen LogP contribution < -0.4 is 4.90 Å². The third kappa shape index (κ3) is 3.09. The molecule has 0 saturated carbocycles. The number of carbonyl (C=O) groups is 1. The smallest absolute Gasteiger partial charge is 0.225 e. The molecule has 1 aliphatic heterocycles. The predicted molar refractivity (Wildman–Crippen MR) is 98.3 cm³/mol. The van der Waals surface area contributed by atoms with Crippen LogP contribution in [0.5, 0.6) is 0 Å². The Balaban J connectivity index is 1.67. The summed E-state index contributed by atoms with van der Waals surface area (Å²) >= 11 is 0. The van der Waals surface area contributed by atoms with E-state index in [1.54, 1.807) is 12.1 Å². The Kier molecular flexibility index (Phi) is 4.44. The molecule has 0 spiro atoms. The van der Waals surface area contributed by atoms with Crippen LogP contribution >= 0.6 is 0 Å². The Morgan fingerprint density at radius 1 is 1.08 bits per heavy atom. The van der Waals surface area contributed by atoms with Crippen LogP contribution in [0.4, 0.5) is 10.3 Å². The van der Waals surface area contributed by atoms with Crippen LogP contribution in [-0.4, -0.2) is 53.9 Å². The quantitative estimate of drug-likeness (QED) is 0.830. The van der Waals surface area contributed by atoms with Gasteiger partial charge in [-0.15, -0.1) is 0 Å². The first-order valence-corrected chi connectivity index (χ1v) is 9.11. The molecule has 6 heteroatoms. The van der Waals surface area contributed by atoms with Crippen molar-refractivity contribution in [2.24, 2.45) is 0 Å². The summed E-state index contributed by atoms with van der Waals surface area (Å²) in [6.07, 6.45) is 0.887. The predicted octanol–water partition coefficient (Wildman–Crippen LogP) is 2.59. The van der Waals surface area contributed by atoms with Gasteiger partial charge in [0.1, 0.15) is 5.82 Å². The van der Waals surface area contributed by atoms with Gasteiger partial charge in [0, 0.05) is 32.6 Å². The first-order valence-electron chi connectivity index (χ1n) is 9.11. The number of rotatable bonds is 2. The summed E-state index contributed by atoms with van der Waals surface area (Å²) in [7, 11) is 2.11. The molecule has 1 aliphatic carbocycles. The van der Waals surface area contributed by atoms with Crippen LogP contribution in [0.1, 0.15) is 39.6 Å². The molecule has 0 bridgehead atoms. The van der Waals surface area contributed by atoms with Gasteiger partial charge in [0.05, 0.1) is 17.0 Å². The molecule has 1 aromatic heterocycles. The highest BCUT2D eigenvalue weighted by Crippen LogP contribution is 2.34. The van der Waals surface area contributed by atoms with E-state index in [2.05, 4.69) is 21.8 Å². The third-order valence-electron chi connectivity index (χ3n) is 5.43. The number of carbonyl (C=O) groups excluding carboxylic acids is 1. The number of piperazine rings is 1. The van der Waals surface area contributed by atoms with Crippen molar-refractivity contribution in [2.75, 3.05) is 38.1 Å². The molecule has 1 atom stereocenters. The zero-order chi connectivity index (χ0) is 18.3. The molecule has 1 saturated heterocycles. The fourth-order valence-corrected chi connectivity index (χ4v) is 3.93. The number of hydrogen-bond donors (Lipinski definition) is 0. The Bertz CT molecular complexity index is 846. The van der Waals surface area contributed by atoms with Gasteiger partial charge in [-0.1, -0.05) is 18.2 Å². The highest BCUT2D eigenvalue weighted by molar-refractivity contribution is 5.99. The molecular formula is C20H23FN4O. The van der Waals surface area contributed by atoms with Gasteiger partial charge < -0.3 is 9.80 Å². The number of benzene rings is 1. The number of ketones is 1. The van der Waals surface area contributed by atoms with Crippen LogP contribution in [-0.2, 0) is 6.42 Å². The summed E-state index contributed by atoms with van der Waals surface area (Å²) < 4.78 is 14.2. The standard InChI is InChI=1S/C20H23FN4O/c1-13-19-17(23-20(22-13)25-9-7-24(2)8-10-25)11-14(12-18(19)26)15-5-3-4-6-16(15)21/h3-6,14H,7-12H2,1-2H3/t14-/m1/s1. The van der Waals surface area contributed by atoms with Crippen LogP contribution in [0, 0.1) is 12.7 Å². The maximum atomic E-state index is 14.2. The lowest BCUT2D eigenvalue weighted by molar-refractivity contribution is 0.0961. The fourth-order valence-electron chi connectivity index (χ4n) is 3.93. The zero-order valence-electron chi connectivity index (χ0n) is 15.2. The van der Waals surface area contributed by atoms with Crippen molar-refractivity contribution in [3.63, 3.8) is 0 Å². The van der Waals surface area contributed by atoms with Gasteiger partial charge in [0.15, 0.2) is 5.78 Å². The fraction of sp³-hybridized carbons (Fsp3) is 0.450. The van der Waals surface area contributed by atoms with Crippen molar-refractivity contribution < 1.29 is 9.18 Å². The average molecular weight is 354 g/mol. The van der Waals surface area contributed by atoms with E-state index in [0.29, 0.717) is 29.9 Å². The number of halogens is 1. The van der Waals surface area contributed by atoms with Crippen LogP contribution in [0.2, 0.25) is 0 Å². The van der Waals surface area contributed by atoms with Crippen molar-refractivity contribution in [2.45, 2.75) is 25.7 Å². The molecule has 2 aliphatic rings. The lowest BCUT2D eigenvalue weighted by atomic mass is 9.81. The van der Waals surface area contributed by atoms with Crippen molar-refractivity contribution >= 4 is 11.7 Å². The van der Waals surface area contributed by atoms with Gasteiger partial charge in [-0.05, 0) is 37.9 Å². The van der Waals surface area contributed by atoms with Crippen molar-refractivity contribution in [1.82, 2.24) is 14.9 Å². The van der Waals surface area contributed by atoms with E-state index in [4.69, 9.17) is 4.98 Å². The van der Waals surface area contributed by atoms with Crippen LogP contribution in [0.3, 0.4) is 0 Å². The zero-order valence-corrected chi connectivity index (χ0v) is 15.2. The maximum absolute atomic E-state index is 14.2. The lowest BCUT2D eigenvalue weighted by Gasteiger charge is -2.33. The van der Waals surface area contributed by atoms with E-state index in [0.717, 1.165) is 37.6 Å². The Labute approximate surface area is 152 Å². The van der Waals surface area contributed by atoms with Crippen molar-refractivity contribution in [3.05, 3.63) is 52.6 Å². The molecule has 0 unspecified atom stereocenters. The van der Waals surface area contributed by atoms with Gasteiger partial charge in [0.25, 0.3) is 0 Å². The minimum absolute atomic E-state index is 0.0157. The van der Waals surface area contributed by atoms with Gasteiger partial charge in [0.2, 0.25) is 5.95 Å². The van der Waals surface area contributed by atoms with Gasteiger partial charge in [-0.25, -0.2) is 14.4 Å². The SMILES string of the molecule is Cc1nc(N2CCN(C)CC2)nc2c1C(=O)C[C@H](c1ccccc1F)C2. The monoisotopic (exact) mass is 354 g/mol. The van der Waals surface area contributed by atoms with E-state index < -0.39 is 0 Å². The Morgan fingerprint density at radius 2 is 1.81 bits per heavy atom. The second-order valence-electron chi connectivity index (χ2n) is 7.27. The average Bonchev–Trinajstić information content (AvgIpc) is 2.62. The molecule has 0 N–H and O–H groups in total. The molecule has 2 aromatic rings. The van der Waals surface area contributed by atoms with Crippen molar-refractivity contribution in [3.8, 4) is 0 Å². The number of hydrogen-bond acceptors (Lipinski definition) is 5. The normalized spacial score (nSPS) is 21.0. The Hall–Kier alpha value is -2.34. The molecular weight excluding hydrogens is 331 g/mol. The summed E-state index contributed by atoms with van der Waals surface area (Å²) in [4.78, 5) is 26.5. The lowest BCUT2D eigenvalue weighted by Crippen LogP contribution is -2.45. The molecule has 0 amide bonds. The van der Waals surface area contributed by atoms with Crippen molar-refractivity contribution in [1.29, 1.82) is 0 Å². The summed E-state index contributed by atoms with van der Waals surface area (Å²) in [5.74, 6) is 0.294. The number of Topliss-reactive ketones (excluding diaryl/α,β-unsaturated/α-hetero) is 1. The molecule has 1 aromatic carbocycles. The van der Waals surface area contributed by atoms with E-state index in [1.807, 2.05) is 13.0 Å². The van der Waals surface area contributed by atoms with E-state index >= 15 is 0 Å². The summed E-state index contributed by atoms with van der Waals surface area (Å²) in [6.45, 7) is 5.56. The largest absolute Gasteiger partial charge is 0.338 e. The maximum Gasteiger partial charge on any atom is 0.225 e. The highest BCUT2D eigenvalue weighted by Gasteiger charge is 2.32. The molecule has 136 valence electrons. The van der Waals surface area contributed by atoms with Gasteiger partial charge in [-0.2, -0.15) is 0 Å². The minimum atomic E-state index is -0.251. The summed E-state index contributed by atoms with van der Waals surface area (Å²) in [5.41, 5.74) is 2.73. The van der Waals surface area contributed by atoms with E-state index in [1.165, 1.54) is 6.07 Å². The number of aromatic nitrogens is 2. The summed E-state index contributed by atoms with van der Waals surface area (Å²) in [6, 6.07) is 6.72. The van der Waals surface area contributed by atoms with E-state index in [9.17, 15) is 9.18 Å². The molecule has 1 fully saturated rings. The third-order valence-corrected chi connectivity index (χ3v) is 5.43. The minimum Gasteiger partial charge on any atom is -0.338 e. The van der Waals surface area contributed by atoms with E-state index in [-0.39, 0.29) is 17.5 Å². The number of anilines is 1. The first kappa shape index (κ1) is 17.1. The van der Waals surface area contributed by atoms with Crippen LogP contribution in [0.15, 0.2) is 24.3 Å². The molecule has 5 nitrogen and oxygen atoms in total. The highest BCUT2D eigenvalue weighted by atomic mass is 19.1. The topological polar surface area (TPSA) is 49.3 Å². The van der Waals surface area contributed by atoms with Gasteiger partial charge in [-0.3, -0.25) is 4.79 Å². The second-order valence-corrected chi connectivity index (χ2v) is 7.27. The number of likely N-dealkylation sites (N-methyl/N-ethyl adjacent to an activating group) is 1. The first-order chi connectivity index (χ1) is 12.5. The number of nitrogens with zero attached hydrogens (tertiary/aromatic N) is 4. The second kappa shape index (κ2) is 6.76. The number of aryl methyl sites for hydroxylation is 1. The molecule has 2 heterocycles. The van der Waals surface area contributed by atoms with Gasteiger partial charge >= 0.3 is 0 Å². The number of fused-ring (bicyclic) bond motifs is 1. The summed E-state index contributed by atoms with van der Waals surface area (Å²) in [5, 5.41) is 0. The van der Waals surface area contributed by atoms with Crippen LogP contribution in [0.25, 0.3) is 0 Å².